The Morgan fingerprint density at radius 1 is 1.41 bits per heavy atom. The van der Waals surface area contributed by atoms with E-state index in [4.69, 9.17) is 16.2 Å². The average Bonchev–Trinajstić information content (AvgIpc) is 2.96. The number of rotatable bonds is 4. The number of aryl methyl sites for hydroxylation is 1. The van der Waals surface area contributed by atoms with Crippen molar-refractivity contribution in [3.05, 3.63) is 28.7 Å². The van der Waals surface area contributed by atoms with Crippen LogP contribution in [0.2, 0.25) is 0 Å². The molecule has 4 N–H and O–H groups in total. The molecule has 0 saturated carbocycles. The van der Waals surface area contributed by atoms with Crippen LogP contribution in [0, 0.1) is 13.8 Å². The minimum atomic E-state index is -0.419. The molecule has 0 spiro atoms. The van der Waals surface area contributed by atoms with E-state index in [0.29, 0.717) is 23.6 Å². The number of ether oxygens (including phenoxy) is 1. The van der Waals surface area contributed by atoms with E-state index < -0.39 is 11.2 Å². The van der Waals surface area contributed by atoms with Gasteiger partial charge in [0.2, 0.25) is 11.9 Å². The molecule has 0 aliphatic carbocycles. The lowest BCUT2D eigenvalue weighted by Crippen LogP contribution is -2.29. The van der Waals surface area contributed by atoms with Gasteiger partial charge in [0.05, 0.1) is 35.7 Å². The van der Waals surface area contributed by atoms with Crippen LogP contribution in [0.5, 0.6) is 5.75 Å². The van der Waals surface area contributed by atoms with E-state index in [1.54, 1.807) is 18.0 Å². The second kappa shape index (κ2) is 6.38. The van der Waals surface area contributed by atoms with Gasteiger partial charge in [0.15, 0.2) is 5.65 Å². The Morgan fingerprint density at radius 3 is 2.89 bits per heavy atom. The lowest BCUT2D eigenvalue weighted by molar-refractivity contribution is -0.117. The van der Waals surface area contributed by atoms with Crippen LogP contribution in [0.25, 0.3) is 11.0 Å². The molecule has 0 bridgehead atoms. The zero-order valence-corrected chi connectivity index (χ0v) is 16.0. The van der Waals surface area contributed by atoms with Crippen molar-refractivity contribution in [2.45, 2.75) is 37.1 Å². The van der Waals surface area contributed by atoms with E-state index in [2.05, 4.69) is 20.1 Å². The van der Waals surface area contributed by atoms with Crippen LogP contribution >= 0.6 is 11.8 Å². The summed E-state index contributed by atoms with van der Waals surface area (Å²) in [6.45, 7) is 4.32. The SMILES string of the molecule is COc1c(C)cnc(Cn2nc3c4c(nc(N)nc42)SC(C(N)=O)C3)c1C. The molecule has 4 heterocycles. The van der Waals surface area contributed by atoms with Crippen molar-refractivity contribution in [3.8, 4) is 5.75 Å². The molecule has 0 radical (unpaired) electrons. The first-order chi connectivity index (χ1) is 12.9. The minimum absolute atomic E-state index is 0.133. The largest absolute Gasteiger partial charge is 0.496 e. The summed E-state index contributed by atoms with van der Waals surface area (Å²) in [7, 11) is 1.64. The molecule has 0 aromatic carbocycles. The number of carbonyl (C=O) groups excluding carboxylic acids is 1. The lowest BCUT2D eigenvalue weighted by atomic mass is 10.1. The Kier molecular flexibility index (Phi) is 4.14. The highest BCUT2D eigenvalue weighted by atomic mass is 32.2. The van der Waals surface area contributed by atoms with E-state index in [-0.39, 0.29) is 5.95 Å². The van der Waals surface area contributed by atoms with Gasteiger partial charge < -0.3 is 16.2 Å². The summed E-state index contributed by atoms with van der Waals surface area (Å²) in [6.07, 6.45) is 2.22. The third-order valence-electron chi connectivity index (χ3n) is 4.65. The number of nitrogen functional groups attached to an aromatic ring is 1. The van der Waals surface area contributed by atoms with E-state index in [0.717, 1.165) is 33.7 Å². The van der Waals surface area contributed by atoms with Crippen LogP contribution in [-0.2, 0) is 17.8 Å². The monoisotopic (exact) mass is 385 g/mol. The predicted molar refractivity (Wildman–Crippen MR) is 102 cm³/mol. The van der Waals surface area contributed by atoms with Crippen LogP contribution in [0.15, 0.2) is 11.2 Å². The van der Waals surface area contributed by atoms with Crippen LogP contribution in [-0.4, -0.2) is 43.0 Å². The summed E-state index contributed by atoms with van der Waals surface area (Å²) in [5.41, 5.74) is 15.5. The lowest BCUT2D eigenvalue weighted by Gasteiger charge is -2.16. The van der Waals surface area contributed by atoms with Crippen molar-refractivity contribution in [1.82, 2.24) is 24.7 Å². The van der Waals surface area contributed by atoms with E-state index in [9.17, 15) is 4.79 Å². The highest BCUT2D eigenvalue weighted by molar-refractivity contribution is 8.00. The second-order valence-electron chi connectivity index (χ2n) is 6.45. The molecular weight excluding hydrogens is 366 g/mol. The van der Waals surface area contributed by atoms with Gasteiger partial charge >= 0.3 is 0 Å². The first kappa shape index (κ1) is 17.5. The normalized spacial score (nSPS) is 15.9. The molecule has 1 aliphatic rings. The van der Waals surface area contributed by atoms with E-state index in [1.165, 1.54) is 11.8 Å². The van der Waals surface area contributed by atoms with Crippen molar-refractivity contribution in [2.24, 2.45) is 5.73 Å². The summed E-state index contributed by atoms with van der Waals surface area (Å²) >= 11 is 1.31. The van der Waals surface area contributed by atoms with Crippen LogP contribution in [0.3, 0.4) is 0 Å². The maximum atomic E-state index is 11.7. The number of nitrogens with zero attached hydrogens (tertiary/aromatic N) is 5. The third kappa shape index (κ3) is 2.85. The first-order valence-electron chi connectivity index (χ1n) is 8.37. The Labute approximate surface area is 159 Å². The molecule has 140 valence electrons. The Morgan fingerprint density at radius 2 is 2.19 bits per heavy atom. The molecule has 9 nitrogen and oxygen atoms in total. The molecule has 1 atom stereocenters. The smallest absolute Gasteiger partial charge is 0.231 e. The fourth-order valence-corrected chi connectivity index (χ4v) is 4.45. The quantitative estimate of drug-likeness (QED) is 0.635. The number of pyridine rings is 1. The van der Waals surface area contributed by atoms with Gasteiger partial charge in [-0.15, -0.1) is 0 Å². The van der Waals surface area contributed by atoms with Gasteiger partial charge in [-0.1, -0.05) is 11.8 Å². The fourth-order valence-electron chi connectivity index (χ4n) is 3.35. The maximum Gasteiger partial charge on any atom is 0.231 e. The van der Waals surface area contributed by atoms with Crippen LogP contribution in [0.1, 0.15) is 22.5 Å². The molecule has 27 heavy (non-hydrogen) atoms. The third-order valence-corrected chi connectivity index (χ3v) is 5.85. The van der Waals surface area contributed by atoms with Gasteiger partial charge in [-0.2, -0.15) is 10.1 Å². The van der Waals surface area contributed by atoms with E-state index in [1.807, 2.05) is 13.8 Å². The maximum absolute atomic E-state index is 11.7. The Hall–Kier alpha value is -2.88. The molecule has 1 amide bonds. The highest BCUT2D eigenvalue weighted by Crippen LogP contribution is 2.38. The number of primary amides is 1. The number of thioether (sulfide) groups is 1. The average molecular weight is 385 g/mol. The van der Waals surface area contributed by atoms with Gasteiger partial charge in [-0.25, -0.2) is 9.67 Å². The summed E-state index contributed by atoms with van der Waals surface area (Å²) in [5.74, 6) is 0.542. The Bertz CT molecular complexity index is 1080. The summed E-state index contributed by atoms with van der Waals surface area (Å²) in [6, 6.07) is 0. The number of hydrogen-bond donors (Lipinski definition) is 2. The van der Waals surface area contributed by atoms with Crippen molar-refractivity contribution >= 4 is 34.7 Å². The first-order valence-corrected chi connectivity index (χ1v) is 9.25. The molecule has 1 unspecified atom stereocenters. The summed E-state index contributed by atoms with van der Waals surface area (Å²) < 4.78 is 7.24. The standard InChI is InChI=1S/C17H19N7O2S/c1-7-5-20-10(8(2)13(7)26-3)6-24-15-12-9(23-24)4-11(14(18)25)27-16(12)22-17(19)21-15/h5,11H,4,6H2,1-3H3,(H2,18,25)(H2,19,21,22). The number of methoxy groups -OCH3 is 1. The molecule has 1 aliphatic heterocycles. The van der Waals surface area contributed by atoms with Crippen molar-refractivity contribution in [1.29, 1.82) is 0 Å². The van der Waals surface area contributed by atoms with Crippen molar-refractivity contribution < 1.29 is 9.53 Å². The van der Waals surface area contributed by atoms with Crippen LogP contribution < -0.4 is 16.2 Å². The fraction of sp³-hybridized carbons (Fsp3) is 0.353. The second-order valence-corrected chi connectivity index (χ2v) is 7.64. The molecule has 0 saturated heterocycles. The van der Waals surface area contributed by atoms with Gasteiger partial charge in [0.25, 0.3) is 0 Å². The number of aromatic nitrogens is 5. The minimum Gasteiger partial charge on any atom is -0.496 e. The van der Waals surface area contributed by atoms with Crippen molar-refractivity contribution in [2.75, 3.05) is 12.8 Å². The predicted octanol–water partition coefficient (Wildman–Crippen LogP) is 0.979. The number of nitrogens with two attached hydrogens (primary N) is 2. The molecule has 3 aromatic heterocycles. The number of anilines is 1. The number of carbonyl (C=O) groups is 1. The van der Waals surface area contributed by atoms with Gasteiger partial charge in [0, 0.05) is 23.7 Å². The summed E-state index contributed by atoms with van der Waals surface area (Å²) in [5, 5.41) is 5.71. The zero-order chi connectivity index (χ0) is 19.3. The topological polar surface area (TPSA) is 135 Å². The van der Waals surface area contributed by atoms with Crippen LogP contribution in [0.4, 0.5) is 5.95 Å². The molecule has 0 fully saturated rings. The zero-order valence-electron chi connectivity index (χ0n) is 15.2. The van der Waals surface area contributed by atoms with E-state index >= 15 is 0 Å². The van der Waals surface area contributed by atoms with Crippen molar-refractivity contribution in [3.63, 3.8) is 0 Å². The summed E-state index contributed by atoms with van der Waals surface area (Å²) in [4.78, 5) is 24.9. The van der Waals surface area contributed by atoms with Gasteiger partial charge in [-0.05, 0) is 13.8 Å². The number of amides is 1. The molecule has 4 rings (SSSR count). The van der Waals surface area contributed by atoms with Gasteiger partial charge in [-0.3, -0.25) is 9.78 Å². The van der Waals surface area contributed by atoms with Gasteiger partial charge in [0.1, 0.15) is 10.8 Å². The molecule has 3 aromatic rings. The highest BCUT2D eigenvalue weighted by Gasteiger charge is 2.31. The molecule has 10 heteroatoms. The molecular formula is C17H19N7O2S. The number of hydrogen-bond acceptors (Lipinski definition) is 8. The Balaban J connectivity index is 1.83.